The average Bonchev–Trinajstić information content (AvgIpc) is 3.18. The van der Waals surface area contributed by atoms with E-state index in [-0.39, 0.29) is 41.9 Å². The molecule has 0 radical (unpaired) electrons. The molecule has 2 heterocycles. The minimum Gasteiger partial charge on any atom is -0.464 e. The number of β-lactam (4-membered cyclic amide) rings is 1. The van der Waals surface area contributed by atoms with Crippen molar-refractivity contribution in [2.24, 2.45) is 5.92 Å². The van der Waals surface area contributed by atoms with Gasteiger partial charge in [-0.15, -0.1) is 12.6 Å². The van der Waals surface area contributed by atoms with Crippen LogP contribution in [0, 0.1) is 5.92 Å². The van der Waals surface area contributed by atoms with Gasteiger partial charge in [0, 0.05) is 46.7 Å². The van der Waals surface area contributed by atoms with Crippen molar-refractivity contribution >= 4 is 58.5 Å². The van der Waals surface area contributed by atoms with Crippen molar-refractivity contribution in [2.45, 2.75) is 30.0 Å². The third-order valence-electron chi connectivity index (χ3n) is 6.36. The number of aliphatic hydroxyl groups is 1. The Hall–Kier alpha value is -2.53. The van der Waals surface area contributed by atoms with Crippen LogP contribution in [-0.2, 0) is 25.5 Å². The number of benzene rings is 2. The highest BCUT2D eigenvalue weighted by Gasteiger charge is 2.55. The van der Waals surface area contributed by atoms with Crippen LogP contribution in [0.1, 0.15) is 29.3 Å². The van der Waals surface area contributed by atoms with Gasteiger partial charge in [-0.1, -0.05) is 24.8 Å². The number of nitrogens with one attached hydrogen (secondary N) is 1. The number of carbonyl (C=O) groups excluding carboxylic acids is 3. The summed E-state index contributed by atoms with van der Waals surface area (Å²) in [7, 11) is 2.77. The predicted molar refractivity (Wildman–Crippen MR) is 138 cm³/mol. The quantitative estimate of drug-likeness (QED) is 0.191. The minimum atomic E-state index is -0.537. The molecule has 0 aliphatic carbocycles. The first-order chi connectivity index (χ1) is 16.9. The second-order valence-corrected chi connectivity index (χ2v) is 10.0. The lowest BCUT2D eigenvalue weighted by molar-refractivity contribution is -0.152. The Bertz CT molecular complexity index is 1230. The molecule has 2 aliphatic heterocycles. The molecule has 2 aliphatic rings. The van der Waals surface area contributed by atoms with Crippen molar-refractivity contribution in [3.05, 3.63) is 46.0 Å². The normalized spacial score (nSPS) is 19.1. The first kappa shape index (κ1) is 25.6. The van der Waals surface area contributed by atoms with Crippen LogP contribution in [0.2, 0.25) is 0 Å². The van der Waals surface area contributed by atoms with Crippen LogP contribution in [0.25, 0.3) is 10.8 Å². The van der Waals surface area contributed by atoms with Gasteiger partial charge in [-0.25, -0.2) is 4.79 Å². The number of amides is 1. The highest BCUT2D eigenvalue weighted by molar-refractivity contribution is 8.04. The zero-order valence-electron chi connectivity index (χ0n) is 19.8. The van der Waals surface area contributed by atoms with Gasteiger partial charge in [0.15, 0.2) is 5.78 Å². The molecule has 186 valence electrons. The number of aliphatic hydroxyl groups excluding tert-OH is 1. The Morgan fingerprint density at radius 3 is 2.63 bits per heavy atom. The van der Waals surface area contributed by atoms with E-state index in [0.717, 1.165) is 21.5 Å². The number of esters is 1. The number of thioether (sulfide) groups is 1. The van der Waals surface area contributed by atoms with E-state index in [9.17, 15) is 19.5 Å². The highest BCUT2D eigenvalue weighted by Crippen LogP contribution is 2.50. The van der Waals surface area contributed by atoms with E-state index in [1.807, 2.05) is 19.1 Å². The zero-order chi connectivity index (χ0) is 25.3. The van der Waals surface area contributed by atoms with Crippen LogP contribution < -0.4 is 5.32 Å². The number of Topliss-reactive ketones (excluding diaryl/α,β-unsaturated/α-hetero) is 1. The van der Waals surface area contributed by atoms with E-state index in [1.54, 1.807) is 12.1 Å². The summed E-state index contributed by atoms with van der Waals surface area (Å²) in [5.74, 6) is -0.879. The van der Waals surface area contributed by atoms with Gasteiger partial charge in [0.25, 0.3) is 0 Å². The Kier molecular flexibility index (Phi) is 7.75. The lowest BCUT2D eigenvalue weighted by atomic mass is 9.94. The molecule has 0 spiro atoms. The summed E-state index contributed by atoms with van der Waals surface area (Å²) >= 11 is 6.16. The van der Waals surface area contributed by atoms with E-state index in [4.69, 9.17) is 9.47 Å². The van der Waals surface area contributed by atoms with E-state index < -0.39 is 5.97 Å². The number of carbonyl (C=O) groups is 3. The van der Waals surface area contributed by atoms with Gasteiger partial charge in [0.2, 0.25) is 5.91 Å². The number of nitrogens with zero attached hydrogens (tertiary/aromatic N) is 1. The lowest BCUT2D eigenvalue weighted by Crippen LogP contribution is -2.57. The number of thiol groups is 1. The summed E-state index contributed by atoms with van der Waals surface area (Å²) in [5.41, 5.74) is 2.34. The highest BCUT2D eigenvalue weighted by atomic mass is 32.2. The molecule has 2 N–H and O–H groups in total. The molecule has 1 fully saturated rings. The number of methoxy groups -OCH3 is 2. The Morgan fingerprint density at radius 1 is 1.20 bits per heavy atom. The van der Waals surface area contributed by atoms with Crippen molar-refractivity contribution in [3.63, 3.8) is 0 Å². The second kappa shape index (κ2) is 10.6. The molecule has 4 rings (SSSR count). The van der Waals surface area contributed by atoms with Crippen LogP contribution in [0.3, 0.4) is 0 Å². The number of anilines is 1. The van der Waals surface area contributed by atoms with E-state index >= 15 is 0 Å². The van der Waals surface area contributed by atoms with Crippen molar-refractivity contribution < 1.29 is 29.0 Å². The topological polar surface area (TPSA) is 105 Å². The first-order valence-corrected chi connectivity index (χ1v) is 12.7. The Labute approximate surface area is 213 Å². The number of ether oxygens (including phenoxy) is 2. The summed E-state index contributed by atoms with van der Waals surface area (Å²) in [6.45, 7) is 2.13. The second-order valence-electron chi connectivity index (χ2n) is 8.33. The van der Waals surface area contributed by atoms with E-state index in [0.29, 0.717) is 35.2 Å². The fraction of sp³-hybridized carbons (Fsp3) is 0.400. The standard InChI is InChI=1S/C25H28N2O6S2/c1-4-14-23(30)27-22(25(31)33-3)19(35-24(14)27)11-26-16-7-6-15(17(29)12-32-2)20-13(9-10-28)5-8-18(34)21(16)20/h5-8,14,24,26,28,34H,4,9-12H2,1-3H3. The summed E-state index contributed by atoms with van der Waals surface area (Å²) in [5, 5.41) is 14.3. The minimum absolute atomic E-state index is 0.0573. The summed E-state index contributed by atoms with van der Waals surface area (Å²) in [6.07, 6.45) is 1.09. The number of fused-ring (bicyclic) bond motifs is 2. The van der Waals surface area contributed by atoms with Crippen LogP contribution in [0.15, 0.2) is 39.8 Å². The molecule has 2 aromatic carbocycles. The van der Waals surface area contributed by atoms with Crippen molar-refractivity contribution in [1.82, 2.24) is 4.90 Å². The molecule has 0 aromatic heterocycles. The van der Waals surface area contributed by atoms with Gasteiger partial charge in [0.05, 0.1) is 18.4 Å². The van der Waals surface area contributed by atoms with Gasteiger partial charge in [0.1, 0.15) is 12.3 Å². The van der Waals surface area contributed by atoms with Gasteiger partial charge >= 0.3 is 5.97 Å². The molecule has 8 nitrogen and oxygen atoms in total. The van der Waals surface area contributed by atoms with E-state index in [2.05, 4.69) is 17.9 Å². The Balaban J connectivity index is 1.74. The van der Waals surface area contributed by atoms with Crippen LogP contribution in [0.5, 0.6) is 0 Å². The molecule has 1 saturated heterocycles. The van der Waals surface area contributed by atoms with Crippen molar-refractivity contribution in [2.75, 3.05) is 39.3 Å². The van der Waals surface area contributed by atoms with Gasteiger partial charge in [-0.05, 0) is 42.0 Å². The molecule has 0 bridgehead atoms. The molecular weight excluding hydrogens is 488 g/mol. The fourth-order valence-electron chi connectivity index (χ4n) is 4.68. The molecule has 1 amide bonds. The Morgan fingerprint density at radius 2 is 1.97 bits per heavy atom. The van der Waals surface area contributed by atoms with Crippen molar-refractivity contribution in [1.29, 1.82) is 0 Å². The van der Waals surface area contributed by atoms with Crippen LogP contribution in [-0.4, -0.2) is 67.0 Å². The zero-order valence-corrected chi connectivity index (χ0v) is 21.5. The maximum absolute atomic E-state index is 12.8. The number of ketones is 1. The molecule has 0 saturated carbocycles. The summed E-state index contributed by atoms with van der Waals surface area (Å²) in [6, 6.07) is 7.24. The predicted octanol–water partition coefficient (Wildman–Crippen LogP) is 3.23. The van der Waals surface area contributed by atoms with Crippen molar-refractivity contribution in [3.8, 4) is 0 Å². The maximum Gasteiger partial charge on any atom is 0.355 e. The molecule has 2 atom stereocenters. The molecule has 35 heavy (non-hydrogen) atoms. The van der Waals surface area contributed by atoms with E-state index in [1.165, 1.54) is 30.9 Å². The van der Waals surface area contributed by atoms with Gasteiger partial charge < -0.3 is 19.9 Å². The molecular formula is C25H28N2O6S2. The third kappa shape index (κ3) is 4.44. The SMILES string of the molecule is CCC1C(=O)N2C(C(=O)OC)=C(CNc3ccc(C(=O)COC)c4c(CCO)ccc(S)c34)SC12. The smallest absolute Gasteiger partial charge is 0.355 e. The van der Waals surface area contributed by atoms with Crippen LogP contribution in [0.4, 0.5) is 5.69 Å². The largest absolute Gasteiger partial charge is 0.464 e. The number of rotatable bonds is 10. The molecule has 10 heteroatoms. The summed E-state index contributed by atoms with van der Waals surface area (Å²) in [4.78, 5) is 40.8. The summed E-state index contributed by atoms with van der Waals surface area (Å²) < 4.78 is 10.0. The first-order valence-electron chi connectivity index (χ1n) is 11.3. The lowest BCUT2D eigenvalue weighted by Gasteiger charge is -2.42. The monoisotopic (exact) mass is 516 g/mol. The molecule has 2 unspecified atom stereocenters. The van der Waals surface area contributed by atoms with Gasteiger partial charge in [-0.2, -0.15) is 0 Å². The van der Waals surface area contributed by atoms with Gasteiger partial charge in [-0.3, -0.25) is 14.5 Å². The average molecular weight is 517 g/mol. The third-order valence-corrected chi connectivity index (χ3v) is 8.14. The number of hydrogen-bond donors (Lipinski definition) is 3. The molecule has 2 aromatic rings. The fourth-order valence-corrected chi connectivity index (χ4v) is 6.52. The van der Waals surface area contributed by atoms with Crippen LogP contribution >= 0.6 is 24.4 Å². The maximum atomic E-state index is 12.8. The number of hydrogen-bond acceptors (Lipinski definition) is 9.